The number of carboxylic acids is 1. The molecule has 1 aliphatic heterocycles. The molecule has 22 heavy (non-hydrogen) atoms. The summed E-state index contributed by atoms with van der Waals surface area (Å²) in [6.07, 6.45) is 0.162. The average molecular weight is 335 g/mol. The molecule has 5 nitrogen and oxygen atoms in total. The minimum Gasteiger partial charge on any atom is -0.480 e. The average Bonchev–Trinajstić information content (AvgIpc) is 2.88. The number of rotatable bonds is 3. The van der Waals surface area contributed by atoms with Crippen molar-refractivity contribution in [2.75, 3.05) is 4.31 Å². The first-order valence-electron chi connectivity index (χ1n) is 6.55. The molecule has 0 fully saturated rings. The SMILES string of the molecule is O=C(O)C1Cc2ccccc2N1S(=O)(=O)c1ccc(S)cc1. The molecule has 114 valence electrons. The van der Waals surface area contributed by atoms with Crippen LogP contribution in [-0.4, -0.2) is 25.5 Å². The topological polar surface area (TPSA) is 74.7 Å². The number of sulfonamides is 1. The van der Waals surface area contributed by atoms with Gasteiger partial charge in [-0.05, 0) is 35.9 Å². The van der Waals surface area contributed by atoms with Crippen LogP contribution in [0.25, 0.3) is 0 Å². The van der Waals surface area contributed by atoms with E-state index in [1.165, 1.54) is 12.1 Å². The highest BCUT2D eigenvalue weighted by molar-refractivity contribution is 7.93. The van der Waals surface area contributed by atoms with Crippen LogP contribution in [0.3, 0.4) is 0 Å². The van der Waals surface area contributed by atoms with Crippen molar-refractivity contribution < 1.29 is 18.3 Å². The zero-order valence-corrected chi connectivity index (χ0v) is 13.1. The maximum Gasteiger partial charge on any atom is 0.327 e. The van der Waals surface area contributed by atoms with E-state index in [0.29, 0.717) is 16.1 Å². The molecule has 0 saturated heterocycles. The summed E-state index contributed by atoms with van der Waals surface area (Å²) >= 11 is 4.13. The molecule has 1 atom stereocenters. The van der Waals surface area contributed by atoms with Gasteiger partial charge in [-0.15, -0.1) is 12.6 Å². The highest BCUT2D eigenvalue weighted by Crippen LogP contribution is 2.36. The van der Waals surface area contributed by atoms with Gasteiger partial charge < -0.3 is 5.11 Å². The van der Waals surface area contributed by atoms with E-state index in [4.69, 9.17) is 0 Å². The van der Waals surface area contributed by atoms with Gasteiger partial charge in [-0.1, -0.05) is 18.2 Å². The van der Waals surface area contributed by atoms with Crippen molar-refractivity contribution in [1.29, 1.82) is 0 Å². The van der Waals surface area contributed by atoms with E-state index in [2.05, 4.69) is 12.6 Å². The van der Waals surface area contributed by atoms with Gasteiger partial charge in [0.15, 0.2) is 0 Å². The number of aliphatic carboxylic acids is 1. The van der Waals surface area contributed by atoms with E-state index in [9.17, 15) is 18.3 Å². The highest BCUT2D eigenvalue weighted by atomic mass is 32.2. The van der Waals surface area contributed by atoms with Gasteiger partial charge in [-0.2, -0.15) is 0 Å². The second-order valence-electron chi connectivity index (χ2n) is 4.98. The predicted molar refractivity (Wildman–Crippen MR) is 84.9 cm³/mol. The Kier molecular flexibility index (Phi) is 3.62. The second kappa shape index (κ2) is 5.33. The molecule has 1 heterocycles. The molecule has 7 heteroatoms. The van der Waals surface area contributed by atoms with Crippen molar-refractivity contribution in [3.8, 4) is 0 Å². The number of thiol groups is 1. The standard InChI is InChI=1S/C15H13NO4S2/c17-15(18)14-9-10-3-1-2-4-13(10)16(14)22(19,20)12-7-5-11(21)6-8-12/h1-8,14,21H,9H2,(H,17,18). The largest absolute Gasteiger partial charge is 0.480 e. The molecule has 0 spiro atoms. The number of carbonyl (C=O) groups is 1. The molecular formula is C15H13NO4S2. The Balaban J connectivity index is 2.14. The van der Waals surface area contributed by atoms with Crippen molar-refractivity contribution in [2.24, 2.45) is 0 Å². The Morgan fingerprint density at radius 1 is 1.14 bits per heavy atom. The lowest BCUT2D eigenvalue weighted by molar-refractivity contribution is -0.138. The first-order chi connectivity index (χ1) is 10.4. The van der Waals surface area contributed by atoms with Crippen LogP contribution in [-0.2, 0) is 21.2 Å². The normalized spacial score (nSPS) is 17.3. The lowest BCUT2D eigenvalue weighted by atomic mass is 10.1. The van der Waals surface area contributed by atoms with E-state index in [-0.39, 0.29) is 11.3 Å². The van der Waals surface area contributed by atoms with Crippen LogP contribution in [0, 0.1) is 0 Å². The van der Waals surface area contributed by atoms with Crippen molar-refractivity contribution in [3.05, 3.63) is 54.1 Å². The summed E-state index contributed by atoms with van der Waals surface area (Å²) in [7, 11) is -3.94. The van der Waals surface area contributed by atoms with Gasteiger partial charge in [0.1, 0.15) is 6.04 Å². The molecule has 1 aliphatic rings. The fourth-order valence-electron chi connectivity index (χ4n) is 2.57. The number of para-hydroxylation sites is 1. The summed E-state index contributed by atoms with van der Waals surface area (Å²) in [6, 6.07) is 11.7. The zero-order valence-electron chi connectivity index (χ0n) is 11.4. The summed E-state index contributed by atoms with van der Waals surface area (Å²) in [6.45, 7) is 0. The molecule has 0 radical (unpaired) electrons. The van der Waals surface area contributed by atoms with E-state index in [1.54, 1.807) is 36.4 Å². The Hall–Kier alpha value is -1.99. The Morgan fingerprint density at radius 2 is 1.77 bits per heavy atom. The van der Waals surface area contributed by atoms with Crippen molar-refractivity contribution in [3.63, 3.8) is 0 Å². The van der Waals surface area contributed by atoms with Crippen LogP contribution < -0.4 is 4.31 Å². The molecule has 2 aromatic rings. The quantitative estimate of drug-likeness (QED) is 0.843. The summed E-state index contributed by atoms with van der Waals surface area (Å²) in [5.41, 5.74) is 1.13. The van der Waals surface area contributed by atoms with E-state index in [0.717, 1.165) is 4.31 Å². The Bertz CT molecular complexity index is 831. The maximum atomic E-state index is 12.9. The molecule has 0 saturated carbocycles. The number of anilines is 1. The maximum absolute atomic E-state index is 12.9. The number of nitrogens with zero attached hydrogens (tertiary/aromatic N) is 1. The summed E-state index contributed by atoms with van der Waals surface area (Å²) in [5.74, 6) is -1.16. The summed E-state index contributed by atoms with van der Waals surface area (Å²) < 4.78 is 26.7. The number of carboxylic acid groups (broad SMARTS) is 1. The smallest absolute Gasteiger partial charge is 0.327 e. The van der Waals surface area contributed by atoms with Gasteiger partial charge in [-0.25, -0.2) is 13.2 Å². The number of benzene rings is 2. The van der Waals surface area contributed by atoms with Crippen molar-refractivity contribution in [1.82, 2.24) is 0 Å². The van der Waals surface area contributed by atoms with Gasteiger partial charge >= 0.3 is 5.97 Å². The van der Waals surface area contributed by atoms with Crippen LogP contribution in [0.2, 0.25) is 0 Å². The Labute approximate surface area is 133 Å². The van der Waals surface area contributed by atoms with E-state index in [1.807, 2.05) is 0 Å². The summed E-state index contributed by atoms with van der Waals surface area (Å²) in [5, 5.41) is 9.39. The van der Waals surface area contributed by atoms with Crippen LogP contribution >= 0.6 is 12.6 Å². The molecule has 0 aromatic heterocycles. The minimum atomic E-state index is -3.94. The molecule has 1 N–H and O–H groups in total. The molecule has 3 rings (SSSR count). The second-order valence-corrected chi connectivity index (χ2v) is 7.31. The van der Waals surface area contributed by atoms with E-state index < -0.39 is 22.0 Å². The van der Waals surface area contributed by atoms with Gasteiger partial charge in [0, 0.05) is 11.3 Å². The monoisotopic (exact) mass is 335 g/mol. The first kappa shape index (κ1) is 14.9. The van der Waals surface area contributed by atoms with Crippen LogP contribution in [0.15, 0.2) is 58.3 Å². The number of fused-ring (bicyclic) bond motifs is 1. The van der Waals surface area contributed by atoms with E-state index >= 15 is 0 Å². The highest BCUT2D eigenvalue weighted by Gasteiger charge is 2.42. The third kappa shape index (κ3) is 2.36. The van der Waals surface area contributed by atoms with Gasteiger partial charge in [0.05, 0.1) is 10.6 Å². The van der Waals surface area contributed by atoms with Crippen molar-refractivity contribution in [2.45, 2.75) is 22.3 Å². The minimum absolute atomic E-state index is 0.0493. The lowest BCUT2D eigenvalue weighted by Crippen LogP contribution is -2.42. The first-order valence-corrected chi connectivity index (χ1v) is 8.44. The predicted octanol–water partition coefficient (Wildman–Crippen LogP) is 2.18. The Morgan fingerprint density at radius 3 is 2.41 bits per heavy atom. The third-order valence-corrected chi connectivity index (χ3v) is 5.74. The third-order valence-electron chi connectivity index (χ3n) is 3.60. The zero-order chi connectivity index (χ0) is 15.9. The molecule has 0 bridgehead atoms. The van der Waals surface area contributed by atoms with Crippen LogP contribution in [0.1, 0.15) is 5.56 Å². The van der Waals surface area contributed by atoms with Gasteiger partial charge in [0.2, 0.25) is 0 Å². The van der Waals surface area contributed by atoms with Crippen LogP contribution in [0.4, 0.5) is 5.69 Å². The number of hydrogen-bond donors (Lipinski definition) is 2. The fourth-order valence-corrected chi connectivity index (χ4v) is 4.37. The number of hydrogen-bond acceptors (Lipinski definition) is 4. The molecule has 1 unspecified atom stereocenters. The molecule has 0 amide bonds. The molecule has 2 aromatic carbocycles. The van der Waals surface area contributed by atoms with Crippen LogP contribution in [0.5, 0.6) is 0 Å². The van der Waals surface area contributed by atoms with Gasteiger partial charge in [-0.3, -0.25) is 4.31 Å². The molecular weight excluding hydrogens is 322 g/mol. The lowest BCUT2D eigenvalue weighted by Gasteiger charge is -2.24. The van der Waals surface area contributed by atoms with Crippen molar-refractivity contribution >= 4 is 34.3 Å². The fraction of sp³-hybridized carbons (Fsp3) is 0.133. The van der Waals surface area contributed by atoms with Gasteiger partial charge in [0.25, 0.3) is 10.0 Å². The molecule has 0 aliphatic carbocycles. The summed E-state index contributed by atoms with van der Waals surface area (Å²) in [4.78, 5) is 12.2.